The number of hydrogen-bond donors (Lipinski definition) is 2. The van der Waals surface area contributed by atoms with Gasteiger partial charge in [-0.1, -0.05) is 19.8 Å². The number of rotatable bonds is 6. The molecule has 0 fully saturated rings. The summed E-state index contributed by atoms with van der Waals surface area (Å²) in [6.07, 6.45) is 4.38. The molecule has 0 bridgehead atoms. The van der Waals surface area contributed by atoms with Crippen LogP contribution >= 0.6 is 0 Å². The van der Waals surface area contributed by atoms with Crippen LogP contribution in [-0.2, 0) is 0 Å². The number of nitroso groups, excluding NO2 is 1. The van der Waals surface area contributed by atoms with Gasteiger partial charge in [-0.05, 0) is 37.6 Å². The lowest BCUT2D eigenvalue weighted by atomic mass is 9.98. The molecule has 0 radical (unpaired) electrons. The Kier molecular flexibility index (Phi) is 5.41. The van der Waals surface area contributed by atoms with Crippen molar-refractivity contribution in [3.63, 3.8) is 0 Å². The molecular formula is C13H20N4O2. The summed E-state index contributed by atoms with van der Waals surface area (Å²) in [6, 6.07) is 2.73. The van der Waals surface area contributed by atoms with Gasteiger partial charge in [0.1, 0.15) is 11.5 Å². The van der Waals surface area contributed by atoms with E-state index < -0.39 is 0 Å². The molecule has 0 atom stereocenters. The van der Waals surface area contributed by atoms with E-state index in [1.54, 1.807) is 0 Å². The monoisotopic (exact) mass is 264 g/mol. The van der Waals surface area contributed by atoms with E-state index in [1.165, 1.54) is 18.3 Å². The molecule has 0 spiro atoms. The van der Waals surface area contributed by atoms with Crippen LogP contribution in [0.1, 0.15) is 40.0 Å². The first-order valence-electron chi connectivity index (χ1n) is 6.35. The number of anilines is 1. The molecule has 0 unspecified atom stereocenters. The molecule has 1 aromatic heterocycles. The number of urea groups is 1. The van der Waals surface area contributed by atoms with E-state index in [1.807, 2.05) is 13.8 Å². The Hall–Kier alpha value is -1.98. The van der Waals surface area contributed by atoms with Crippen molar-refractivity contribution >= 4 is 17.5 Å². The zero-order valence-electron chi connectivity index (χ0n) is 11.6. The summed E-state index contributed by atoms with van der Waals surface area (Å²) in [4.78, 5) is 26.0. The largest absolute Gasteiger partial charge is 0.333 e. The number of nitrogens with zero attached hydrogens (tertiary/aromatic N) is 2. The van der Waals surface area contributed by atoms with Crippen molar-refractivity contribution in [2.45, 2.75) is 45.6 Å². The van der Waals surface area contributed by atoms with Crippen molar-refractivity contribution in [2.75, 3.05) is 5.32 Å². The molecule has 0 saturated carbocycles. The molecule has 6 heteroatoms. The molecule has 6 nitrogen and oxygen atoms in total. The second kappa shape index (κ2) is 6.82. The normalized spacial score (nSPS) is 10.9. The number of pyridine rings is 1. The van der Waals surface area contributed by atoms with Crippen LogP contribution in [0.15, 0.2) is 23.5 Å². The van der Waals surface area contributed by atoms with Crippen LogP contribution in [0.5, 0.6) is 0 Å². The van der Waals surface area contributed by atoms with E-state index in [0.29, 0.717) is 5.82 Å². The molecule has 0 aromatic carbocycles. The quantitative estimate of drug-likeness (QED) is 0.770. The predicted octanol–water partition coefficient (Wildman–Crippen LogP) is 3.57. The van der Waals surface area contributed by atoms with E-state index in [9.17, 15) is 9.70 Å². The second-order valence-electron chi connectivity index (χ2n) is 5.06. The van der Waals surface area contributed by atoms with Crippen LogP contribution < -0.4 is 10.6 Å². The highest BCUT2D eigenvalue weighted by Crippen LogP contribution is 2.14. The maximum absolute atomic E-state index is 11.8. The van der Waals surface area contributed by atoms with Gasteiger partial charge in [-0.25, -0.2) is 9.78 Å². The number of unbranched alkanes of at least 4 members (excludes halogenated alkanes) is 1. The standard InChI is InChI=1S/C13H20N4O2/c1-4-5-8-13(2,3)16-12(18)15-11-7-6-10(17-19)9-14-11/h6-7,9H,4-5,8H2,1-3H3,(H2,14,15,16,18). The third-order valence-corrected chi connectivity index (χ3v) is 2.70. The van der Waals surface area contributed by atoms with E-state index in [4.69, 9.17) is 0 Å². The molecule has 0 aliphatic rings. The topological polar surface area (TPSA) is 83.5 Å². The second-order valence-corrected chi connectivity index (χ2v) is 5.06. The number of amides is 2. The van der Waals surface area contributed by atoms with Crippen molar-refractivity contribution in [2.24, 2.45) is 5.18 Å². The summed E-state index contributed by atoms with van der Waals surface area (Å²) in [6.45, 7) is 6.08. The lowest BCUT2D eigenvalue weighted by Crippen LogP contribution is -2.45. The average Bonchev–Trinajstić information content (AvgIpc) is 2.36. The third kappa shape index (κ3) is 5.46. The minimum absolute atomic E-state index is 0.231. The fourth-order valence-corrected chi connectivity index (χ4v) is 1.65. The van der Waals surface area contributed by atoms with Crippen LogP contribution in [0.25, 0.3) is 0 Å². The van der Waals surface area contributed by atoms with Gasteiger partial charge in [0.25, 0.3) is 0 Å². The van der Waals surface area contributed by atoms with Gasteiger partial charge >= 0.3 is 6.03 Å². The first-order valence-corrected chi connectivity index (χ1v) is 6.35. The summed E-state index contributed by atoms with van der Waals surface area (Å²) in [7, 11) is 0. The van der Waals surface area contributed by atoms with Crippen LogP contribution in [0.3, 0.4) is 0 Å². The molecule has 1 aromatic rings. The molecule has 104 valence electrons. The van der Waals surface area contributed by atoms with Crippen LogP contribution in [0.2, 0.25) is 0 Å². The fourth-order valence-electron chi connectivity index (χ4n) is 1.65. The van der Waals surface area contributed by atoms with Gasteiger partial charge in [0.05, 0.1) is 6.20 Å². The maximum Gasteiger partial charge on any atom is 0.320 e. The highest BCUT2D eigenvalue weighted by molar-refractivity contribution is 5.88. The first-order chi connectivity index (χ1) is 8.96. The molecule has 0 aliphatic carbocycles. The van der Waals surface area contributed by atoms with Gasteiger partial charge in [0.15, 0.2) is 0 Å². The smallest absolute Gasteiger partial charge is 0.320 e. The number of nitrogens with one attached hydrogen (secondary N) is 2. The van der Waals surface area contributed by atoms with Crippen LogP contribution in [-0.4, -0.2) is 16.6 Å². The van der Waals surface area contributed by atoms with Gasteiger partial charge < -0.3 is 5.32 Å². The average molecular weight is 264 g/mol. The third-order valence-electron chi connectivity index (χ3n) is 2.70. The summed E-state index contributed by atoms with van der Waals surface area (Å²) in [5.74, 6) is 0.385. The molecule has 1 heterocycles. The van der Waals surface area contributed by atoms with E-state index >= 15 is 0 Å². The highest BCUT2D eigenvalue weighted by Gasteiger charge is 2.19. The number of hydrogen-bond acceptors (Lipinski definition) is 4. The van der Waals surface area contributed by atoms with Gasteiger partial charge in [0, 0.05) is 5.54 Å². The first kappa shape index (κ1) is 15.1. The van der Waals surface area contributed by atoms with Crippen molar-refractivity contribution in [3.05, 3.63) is 23.2 Å². The number of carbonyl (C=O) groups excluding carboxylic acids is 1. The molecule has 2 amide bonds. The SMILES string of the molecule is CCCCC(C)(C)NC(=O)Nc1ccc(N=O)cn1. The van der Waals surface area contributed by atoms with Gasteiger partial charge in [0.2, 0.25) is 0 Å². The van der Waals surface area contributed by atoms with Crippen molar-refractivity contribution in [1.82, 2.24) is 10.3 Å². The molecule has 19 heavy (non-hydrogen) atoms. The van der Waals surface area contributed by atoms with Gasteiger partial charge in [-0.3, -0.25) is 5.32 Å². The minimum atomic E-state index is -0.305. The Morgan fingerprint density at radius 3 is 2.68 bits per heavy atom. The Labute approximate surface area is 113 Å². The summed E-state index contributed by atoms with van der Waals surface area (Å²) < 4.78 is 0. The number of carbonyl (C=O) groups is 1. The Morgan fingerprint density at radius 2 is 2.16 bits per heavy atom. The summed E-state index contributed by atoms with van der Waals surface area (Å²) in [5.41, 5.74) is -0.0288. The van der Waals surface area contributed by atoms with E-state index in [2.05, 4.69) is 27.7 Å². The lowest BCUT2D eigenvalue weighted by Gasteiger charge is -2.26. The predicted molar refractivity (Wildman–Crippen MR) is 75.5 cm³/mol. The van der Waals surface area contributed by atoms with Crippen LogP contribution in [0.4, 0.5) is 16.3 Å². The van der Waals surface area contributed by atoms with Gasteiger partial charge in [-0.2, -0.15) is 0 Å². The molecule has 0 saturated heterocycles. The Balaban J connectivity index is 2.52. The Morgan fingerprint density at radius 1 is 1.42 bits per heavy atom. The number of aromatic nitrogens is 1. The van der Waals surface area contributed by atoms with E-state index in [-0.39, 0.29) is 17.3 Å². The maximum atomic E-state index is 11.8. The summed E-state index contributed by atoms with van der Waals surface area (Å²) >= 11 is 0. The van der Waals surface area contributed by atoms with Crippen LogP contribution in [0, 0.1) is 4.91 Å². The van der Waals surface area contributed by atoms with Crippen molar-refractivity contribution in [3.8, 4) is 0 Å². The van der Waals surface area contributed by atoms with E-state index in [0.717, 1.165) is 19.3 Å². The van der Waals surface area contributed by atoms with Gasteiger partial charge in [-0.15, -0.1) is 4.91 Å². The Bertz CT molecular complexity index is 429. The summed E-state index contributed by atoms with van der Waals surface area (Å²) in [5, 5.41) is 8.26. The molecular weight excluding hydrogens is 244 g/mol. The van der Waals surface area contributed by atoms with Crippen molar-refractivity contribution < 1.29 is 4.79 Å². The molecule has 2 N–H and O–H groups in total. The molecule has 1 rings (SSSR count). The minimum Gasteiger partial charge on any atom is -0.333 e. The zero-order chi connectivity index (χ0) is 14.3. The lowest BCUT2D eigenvalue weighted by molar-refractivity contribution is 0.239. The highest BCUT2D eigenvalue weighted by atomic mass is 16.3. The zero-order valence-corrected chi connectivity index (χ0v) is 11.6. The van der Waals surface area contributed by atoms with Crippen molar-refractivity contribution in [1.29, 1.82) is 0 Å². The fraction of sp³-hybridized carbons (Fsp3) is 0.538. The molecule has 0 aliphatic heterocycles.